The Morgan fingerprint density at radius 2 is 2.06 bits per heavy atom. The molecule has 90 valence electrons. The zero-order valence-electron chi connectivity index (χ0n) is 9.94. The Labute approximate surface area is 104 Å². The van der Waals surface area contributed by atoms with Gasteiger partial charge in [-0.25, -0.2) is 0 Å². The van der Waals surface area contributed by atoms with Gasteiger partial charge in [-0.05, 0) is 31.2 Å². The van der Waals surface area contributed by atoms with E-state index in [4.69, 9.17) is 5.73 Å². The van der Waals surface area contributed by atoms with E-state index in [2.05, 4.69) is 10.2 Å². The van der Waals surface area contributed by atoms with Gasteiger partial charge in [0.1, 0.15) is 11.4 Å². The Kier molecular flexibility index (Phi) is 2.23. The van der Waals surface area contributed by atoms with Gasteiger partial charge in [0.15, 0.2) is 0 Å². The highest BCUT2D eigenvalue weighted by Crippen LogP contribution is 2.35. The summed E-state index contributed by atoms with van der Waals surface area (Å²) in [7, 11) is 0. The minimum Gasteiger partial charge on any atom is -0.507 e. The highest BCUT2D eigenvalue weighted by atomic mass is 16.3. The standard InChI is InChI=1S/C14H13N3O/c1-8-5-6-12(18)9(7-8)14-13-10(15)3-2-4-11(13)16-17-14/h2-7,18H,15H2,1H3,(H,16,17). The van der Waals surface area contributed by atoms with Gasteiger partial charge in [-0.2, -0.15) is 5.10 Å². The minimum atomic E-state index is 0.206. The number of fused-ring (bicyclic) bond motifs is 1. The number of aromatic nitrogens is 2. The molecule has 0 fully saturated rings. The van der Waals surface area contributed by atoms with E-state index in [0.29, 0.717) is 16.9 Å². The summed E-state index contributed by atoms with van der Waals surface area (Å²) in [6.45, 7) is 1.97. The number of aromatic hydroxyl groups is 1. The monoisotopic (exact) mass is 239 g/mol. The average Bonchev–Trinajstić information content (AvgIpc) is 2.77. The Balaban J connectivity index is 2.35. The van der Waals surface area contributed by atoms with Gasteiger partial charge in [-0.1, -0.05) is 17.7 Å². The summed E-state index contributed by atoms with van der Waals surface area (Å²) in [6, 6.07) is 11.0. The van der Waals surface area contributed by atoms with Crippen molar-refractivity contribution < 1.29 is 5.11 Å². The van der Waals surface area contributed by atoms with Crippen LogP contribution >= 0.6 is 0 Å². The van der Waals surface area contributed by atoms with Crippen LogP contribution in [0.4, 0.5) is 5.69 Å². The van der Waals surface area contributed by atoms with Crippen molar-refractivity contribution >= 4 is 16.6 Å². The molecule has 0 spiro atoms. The molecule has 0 saturated carbocycles. The number of aryl methyl sites for hydroxylation is 1. The van der Waals surface area contributed by atoms with Gasteiger partial charge in [0.25, 0.3) is 0 Å². The molecule has 18 heavy (non-hydrogen) atoms. The molecule has 3 aromatic rings. The number of aromatic amines is 1. The second-order valence-corrected chi connectivity index (χ2v) is 4.36. The summed E-state index contributed by atoms with van der Waals surface area (Å²) in [6.07, 6.45) is 0. The van der Waals surface area contributed by atoms with E-state index < -0.39 is 0 Å². The number of phenols is 1. The van der Waals surface area contributed by atoms with E-state index >= 15 is 0 Å². The molecule has 4 heteroatoms. The normalized spacial score (nSPS) is 10.9. The number of nitrogens with zero attached hydrogens (tertiary/aromatic N) is 1. The number of hydrogen-bond acceptors (Lipinski definition) is 3. The maximum Gasteiger partial charge on any atom is 0.125 e. The zero-order chi connectivity index (χ0) is 12.7. The van der Waals surface area contributed by atoms with Crippen LogP contribution in [0.3, 0.4) is 0 Å². The number of phenolic OH excluding ortho intramolecular Hbond substituents is 1. The van der Waals surface area contributed by atoms with Crippen LogP contribution in [0.1, 0.15) is 5.56 Å². The quantitative estimate of drug-likeness (QED) is 0.571. The third-order valence-electron chi connectivity index (χ3n) is 3.03. The van der Waals surface area contributed by atoms with E-state index in [0.717, 1.165) is 16.5 Å². The Bertz CT molecular complexity index is 731. The minimum absolute atomic E-state index is 0.206. The first-order chi connectivity index (χ1) is 8.66. The van der Waals surface area contributed by atoms with Crippen LogP contribution in [-0.2, 0) is 0 Å². The molecule has 0 aliphatic carbocycles. The van der Waals surface area contributed by atoms with Crippen molar-refractivity contribution in [2.24, 2.45) is 0 Å². The predicted molar refractivity (Wildman–Crippen MR) is 72.3 cm³/mol. The molecule has 0 amide bonds. The highest BCUT2D eigenvalue weighted by molar-refractivity contribution is 6.02. The Hall–Kier alpha value is -2.49. The number of hydrogen-bond donors (Lipinski definition) is 3. The van der Waals surface area contributed by atoms with E-state index in [-0.39, 0.29) is 5.75 Å². The Morgan fingerprint density at radius 3 is 2.89 bits per heavy atom. The zero-order valence-corrected chi connectivity index (χ0v) is 9.94. The van der Waals surface area contributed by atoms with Crippen LogP contribution in [0.2, 0.25) is 0 Å². The van der Waals surface area contributed by atoms with Crippen molar-refractivity contribution in [2.75, 3.05) is 5.73 Å². The second-order valence-electron chi connectivity index (χ2n) is 4.36. The van der Waals surface area contributed by atoms with Crippen LogP contribution in [0.25, 0.3) is 22.2 Å². The molecule has 0 bridgehead atoms. The largest absolute Gasteiger partial charge is 0.507 e. The van der Waals surface area contributed by atoms with Gasteiger partial charge in [0, 0.05) is 11.3 Å². The molecule has 0 radical (unpaired) electrons. The molecular formula is C14H13N3O. The maximum absolute atomic E-state index is 9.96. The van der Waals surface area contributed by atoms with Crippen LogP contribution < -0.4 is 5.73 Å². The summed E-state index contributed by atoms with van der Waals surface area (Å²) in [5, 5.41) is 18.0. The number of anilines is 1. The van der Waals surface area contributed by atoms with Crippen molar-refractivity contribution in [1.29, 1.82) is 0 Å². The second kappa shape index (κ2) is 3.77. The van der Waals surface area contributed by atoms with Crippen LogP contribution in [0, 0.1) is 6.92 Å². The molecule has 0 unspecified atom stereocenters. The lowest BCUT2D eigenvalue weighted by atomic mass is 10.0. The SMILES string of the molecule is Cc1ccc(O)c(-c2n[nH]c3cccc(N)c23)c1. The van der Waals surface area contributed by atoms with Gasteiger partial charge in [0.05, 0.1) is 10.9 Å². The molecule has 0 aliphatic heterocycles. The molecular weight excluding hydrogens is 226 g/mol. The molecule has 0 atom stereocenters. The summed E-state index contributed by atoms with van der Waals surface area (Å²) in [5.41, 5.74) is 9.94. The van der Waals surface area contributed by atoms with Crippen molar-refractivity contribution in [2.45, 2.75) is 6.92 Å². The fourth-order valence-electron chi connectivity index (χ4n) is 2.13. The third-order valence-corrected chi connectivity index (χ3v) is 3.03. The number of nitrogen functional groups attached to an aromatic ring is 1. The molecule has 0 saturated heterocycles. The summed E-state index contributed by atoms with van der Waals surface area (Å²) in [4.78, 5) is 0. The molecule has 1 heterocycles. The molecule has 2 aromatic carbocycles. The topological polar surface area (TPSA) is 74.9 Å². The molecule has 4 nitrogen and oxygen atoms in total. The number of rotatable bonds is 1. The number of nitrogens with two attached hydrogens (primary N) is 1. The predicted octanol–water partition coefficient (Wildman–Crippen LogP) is 2.83. The third kappa shape index (κ3) is 1.50. The average molecular weight is 239 g/mol. The van der Waals surface area contributed by atoms with E-state index in [1.54, 1.807) is 6.07 Å². The van der Waals surface area contributed by atoms with Crippen molar-refractivity contribution in [1.82, 2.24) is 10.2 Å². The first-order valence-corrected chi connectivity index (χ1v) is 5.69. The van der Waals surface area contributed by atoms with E-state index in [1.807, 2.05) is 37.3 Å². The van der Waals surface area contributed by atoms with Crippen molar-refractivity contribution in [3.63, 3.8) is 0 Å². The summed E-state index contributed by atoms with van der Waals surface area (Å²) < 4.78 is 0. The lowest BCUT2D eigenvalue weighted by Gasteiger charge is -2.04. The van der Waals surface area contributed by atoms with Gasteiger partial charge < -0.3 is 10.8 Å². The van der Waals surface area contributed by atoms with Crippen LogP contribution in [0.5, 0.6) is 5.75 Å². The van der Waals surface area contributed by atoms with Gasteiger partial charge in [-0.15, -0.1) is 0 Å². The fourth-order valence-corrected chi connectivity index (χ4v) is 2.13. The van der Waals surface area contributed by atoms with Crippen molar-refractivity contribution in [3.8, 4) is 17.0 Å². The fraction of sp³-hybridized carbons (Fsp3) is 0.0714. The number of H-pyrrole nitrogens is 1. The first-order valence-electron chi connectivity index (χ1n) is 5.69. The molecule has 0 aliphatic rings. The van der Waals surface area contributed by atoms with E-state index in [1.165, 1.54) is 0 Å². The molecule has 1 aromatic heterocycles. The number of nitrogens with one attached hydrogen (secondary N) is 1. The highest BCUT2D eigenvalue weighted by Gasteiger charge is 2.13. The van der Waals surface area contributed by atoms with Gasteiger partial charge in [-0.3, -0.25) is 5.10 Å². The van der Waals surface area contributed by atoms with E-state index in [9.17, 15) is 5.11 Å². The van der Waals surface area contributed by atoms with Crippen LogP contribution in [-0.4, -0.2) is 15.3 Å². The van der Waals surface area contributed by atoms with Crippen LogP contribution in [0.15, 0.2) is 36.4 Å². The summed E-state index contributed by atoms with van der Waals surface area (Å²) in [5.74, 6) is 0.206. The summed E-state index contributed by atoms with van der Waals surface area (Å²) >= 11 is 0. The molecule has 3 rings (SSSR count). The lowest BCUT2D eigenvalue weighted by Crippen LogP contribution is -1.87. The lowest BCUT2D eigenvalue weighted by molar-refractivity contribution is 0.477. The Morgan fingerprint density at radius 1 is 1.22 bits per heavy atom. The smallest absolute Gasteiger partial charge is 0.125 e. The van der Waals surface area contributed by atoms with Gasteiger partial charge in [0.2, 0.25) is 0 Å². The van der Waals surface area contributed by atoms with Gasteiger partial charge >= 0.3 is 0 Å². The number of benzene rings is 2. The maximum atomic E-state index is 9.96. The first kappa shape index (κ1) is 10.7. The molecule has 4 N–H and O–H groups in total. The van der Waals surface area contributed by atoms with Crippen molar-refractivity contribution in [3.05, 3.63) is 42.0 Å².